The van der Waals surface area contributed by atoms with Crippen molar-refractivity contribution in [2.24, 2.45) is 0 Å². The fraction of sp³-hybridized carbons (Fsp3) is 0.350. The molecule has 1 aromatic carbocycles. The van der Waals surface area contributed by atoms with Crippen LogP contribution in [0.4, 0.5) is 5.69 Å². The number of aromatic nitrogens is 2. The second kappa shape index (κ2) is 7.56. The van der Waals surface area contributed by atoms with E-state index in [4.69, 9.17) is 16.1 Å². The zero-order valence-corrected chi connectivity index (χ0v) is 15.9. The first kappa shape index (κ1) is 17.8. The fourth-order valence-electron chi connectivity index (χ4n) is 3.50. The molecule has 0 unspecified atom stereocenters. The first-order chi connectivity index (χ1) is 13.2. The number of anilines is 1. The average molecular weight is 385 g/mol. The number of pyridine rings is 1. The van der Waals surface area contributed by atoms with E-state index in [1.807, 2.05) is 42.2 Å². The van der Waals surface area contributed by atoms with E-state index in [-0.39, 0.29) is 5.91 Å². The van der Waals surface area contributed by atoms with E-state index in [2.05, 4.69) is 15.0 Å². The molecule has 3 aromatic rings. The summed E-state index contributed by atoms with van der Waals surface area (Å²) in [6.45, 7) is 4.98. The molecule has 27 heavy (non-hydrogen) atoms. The summed E-state index contributed by atoms with van der Waals surface area (Å²) >= 11 is 6.33. The van der Waals surface area contributed by atoms with Gasteiger partial charge in [-0.25, -0.2) is 4.98 Å². The van der Waals surface area contributed by atoms with Gasteiger partial charge in [-0.15, -0.1) is 0 Å². The zero-order valence-electron chi connectivity index (χ0n) is 15.2. The minimum atomic E-state index is -0.00587. The van der Waals surface area contributed by atoms with Gasteiger partial charge in [-0.3, -0.25) is 4.79 Å². The smallest absolute Gasteiger partial charge is 0.257 e. The van der Waals surface area contributed by atoms with Crippen molar-refractivity contribution in [3.05, 3.63) is 52.8 Å². The number of para-hydroxylation sites is 1. The molecule has 1 fully saturated rings. The highest BCUT2D eigenvalue weighted by Gasteiger charge is 2.22. The van der Waals surface area contributed by atoms with E-state index in [1.165, 1.54) is 0 Å². The number of amides is 1. The average Bonchev–Trinajstić information content (AvgIpc) is 2.95. The van der Waals surface area contributed by atoms with Crippen molar-refractivity contribution < 1.29 is 9.32 Å². The molecule has 0 saturated carbocycles. The summed E-state index contributed by atoms with van der Waals surface area (Å²) in [5, 5.41) is 5.57. The van der Waals surface area contributed by atoms with Gasteiger partial charge in [-0.2, -0.15) is 0 Å². The minimum absolute atomic E-state index is 0.00587. The van der Waals surface area contributed by atoms with Crippen LogP contribution < -0.4 is 4.90 Å². The molecule has 1 saturated heterocycles. The number of carbonyl (C=O) groups excluding carboxylic acids is 1. The molecule has 0 bridgehead atoms. The highest BCUT2D eigenvalue weighted by Crippen LogP contribution is 2.26. The van der Waals surface area contributed by atoms with E-state index in [0.29, 0.717) is 24.4 Å². The summed E-state index contributed by atoms with van der Waals surface area (Å²) in [6, 6.07) is 9.68. The zero-order chi connectivity index (χ0) is 18.8. The van der Waals surface area contributed by atoms with Gasteiger partial charge >= 0.3 is 0 Å². The molecule has 140 valence electrons. The van der Waals surface area contributed by atoms with Gasteiger partial charge in [0, 0.05) is 32.4 Å². The van der Waals surface area contributed by atoms with Crippen LogP contribution in [0, 0.1) is 0 Å². The van der Waals surface area contributed by atoms with Crippen LogP contribution >= 0.6 is 11.6 Å². The van der Waals surface area contributed by atoms with Crippen LogP contribution in [0.1, 0.15) is 29.4 Å². The maximum absolute atomic E-state index is 13.0. The molecule has 0 radical (unpaired) electrons. The Morgan fingerprint density at radius 2 is 2.07 bits per heavy atom. The number of carbonyl (C=O) groups is 1. The van der Waals surface area contributed by atoms with Gasteiger partial charge in [0.25, 0.3) is 11.6 Å². The lowest BCUT2D eigenvalue weighted by atomic mass is 10.1. The lowest BCUT2D eigenvalue weighted by molar-refractivity contribution is 0.0767. The molecule has 0 aliphatic carbocycles. The molecule has 0 spiro atoms. The predicted molar refractivity (Wildman–Crippen MR) is 105 cm³/mol. The Labute approximate surface area is 162 Å². The van der Waals surface area contributed by atoms with Gasteiger partial charge in [-0.05, 0) is 31.0 Å². The van der Waals surface area contributed by atoms with Gasteiger partial charge in [0.1, 0.15) is 0 Å². The van der Waals surface area contributed by atoms with Crippen LogP contribution in [0.3, 0.4) is 0 Å². The Morgan fingerprint density at radius 1 is 1.22 bits per heavy atom. The van der Waals surface area contributed by atoms with E-state index in [1.54, 1.807) is 6.20 Å². The van der Waals surface area contributed by atoms with Crippen molar-refractivity contribution in [2.45, 2.75) is 19.8 Å². The third-order valence-electron chi connectivity index (χ3n) is 4.96. The number of benzene rings is 1. The van der Waals surface area contributed by atoms with E-state index < -0.39 is 0 Å². The second-order valence-electron chi connectivity index (χ2n) is 6.64. The van der Waals surface area contributed by atoms with Crippen LogP contribution in [0.2, 0.25) is 5.02 Å². The van der Waals surface area contributed by atoms with Gasteiger partial charge in [0.2, 0.25) is 0 Å². The largest absolute Gasteiger partial charge is 0.368 e. The molecule has 0 N–H and O–H groups in total. The Bertz CT molecular complexity index is 972. The van der Waals surface area contributed by atoms with E-state index in [9.17, 15) is 4.79 Å². The van der Waals surface area contributed by atoms with Gasteiger partial charge in [0.05, 0.1) is 27.4 Å². The Morgan fingerprint density at radius 3 is 2.89 bits per heavy atom. The maximum atomic E-state index is 13.0. The van der Waals surface area contributed by atoms with Gasteiger partial charge in [-0.1, -0.05) is 35.8 Å². The third-order valence-corrected chi connectivity index (χ3v) is 5.28. The van der Waals surface area contributed by atoms with E-state index >= 15 is 0 Å². The number of hydrogen-bond acceptors (Lipinski definition) is 5. The molecule has 1 aliphatic heterocycles. The summed E-state index contributed by atoms with van der Waals surface area (Å²) in [6.07, 6.45) is 3.20. The van der Waals surface area contributed by atoms with Crippen LogP contribution in [-0.4, -0.2) is 47.1 Å². The summed E-state index contributed by atoms with van der Waals surface area (Å²) in [5.41, 5.74) is 2.90. The molecule has 4 rings (SSSR count). The molecule has 0 atom stereocenters. The Hall–Kier alpha value is -2.60. The summed E-state index contributed by atoms with van der Waals surface area (Å²) in [4.78, 5) is 21.4. The highest BCUT2D eigenvalue weighted by molar-refractivity contribution is 6.33. The highest BCUT2D eigenvalue weighted by atomic mass is 35.5. The van der Waals surface area contributed by atoms with Crippen molar-refractivity contribution in [2.75, 3.05) is 31.1 Å². The molecule has 2 aromatic heterocycles. The van der Waals surface area contributed by atoms with Crippen molar-refractivity contribution in [1.82, 2.24) is 15.0 Å². The molecule has 1 amide bonds. The molecule has 7 heteroatoms. The Balaban J connectivity index is 1.52. The quantitative estimate of drug-likeness (QED) is 0.687. The minimum Gasteiger partial charge on any atom is -0.368 e. The molecular formula is C20H21ClN4O2. The third kappa shape index (κ3) is 3.49. The predicted octanol–water partition coefficient (Wildman–Crippen LogP) is 3.79. The number of hydrogen-bond donors (Lipinski definition) is 0. The van der Waals surface area contributed by atoms with Gasteiger partial charge < -0.3 is 14.3 Å². The van der Waals surface area contributed by atoms with Crippen molar-refractivity contribution in [3.8, 4) is 0 Å². The van der Waals surface area contributed by atoms with Crippen molar-refractivity contribution in [3.63, 3.8) is 0 Å². The summed E-state index contributed by atoms with van der Waals surface area (Å²) in [7, 11) is 0. The van der Waals surface area contributed by atoms with Crippen molar-refractivity contribution >= 4 is 34.3 Å². The van der Waals surface area contributed by atoms with Crippen molar-refractivity contribution in [1.29, 1.82) is 0 Å². The monoisotopic (exact) mass is 384 g/mol. The topological polar surface area (TPSA) is 62.5 Å². The lowest BCUT2D eigenvalue weighted by Crippen LogP contribution is -2.35. The van der Waals surface area contributed by atoms with Gasteiger partial charge in [0.15, 0.2) is 0 Å². The SMILES string of the molecule is CCc1noc2ncc(C(=O)N3CCCN(c4ccccc4Cl)CC3)cc12. The van der Waals surface area contributed by atoms with Crippen LogP contribution in [0.25, 0.3) is 11.1 Å². The molecule has 3 heterocycles. The normalized spacial score (nSPS) is 15.2. The Kier molecular flexibility index (Phi) is 4.99. The number of aryl methyl sites for hydroxylation is 1. The first-order valence-corrected chi connectivity index (χ1v) is 9.58. The summed E-state index contributed by atoms with van der Waals surface area (Å²) in [5.74, 6) is -0.00587. The lowest BCUT2D eigenvalue weighted by Gasteiger charge is -2.24. The standard InChI is InChI=1S/C20H21ClN4O2/c1-2-17-15-12-14(13-22-19(15)27-23-17)20(26)25-9-5-8-24(10-11-25)18-7-4-3-6-16(18)21/h3-4,6-7,12-13H,2,5,8-11H2,1H3. The van der Waals surface area contributed by atoms with E-state index in [0.717, 1.165) is 47.7 Å². The van der Waals surface area contributed by atoms with Crippen LogP contribution in [0.5, 0.6) is 0 Å². The number of nitrogens with zero attached hydrogens (tertiary/aromatic N) is 4. The molecule has 6 nitrogen and oxygen atoms in total. The molecular weight excluding hydrogens is 364 g/mol. The van der Waals surface area contributed by atoms with Crippen LogP contribution in [-0.2, 0) is 6.42 Å². The molecule has 1 aliphatic rings. The van der Waals surface area contributed by atoms with Crippen LogP contribution in [0.15, 0.2) is 41.1 Å². The fourth-order valence-corrected chi connectivity index (χ4v) is 3.76. The number of fused-ring (bicyclic) bond motifs is 1. The summed E-state index contributed by atoms with van der Waals surface area (Å²) < 4.78 is 5.21. The number of halogens is 1. The number of rotatable bonds is 3. The second-order valence-corrected chi connectivity index (χ2v) is 7.05. The maximum Gasteiger partial charge on any atom is 0.257 e. The first-order valence-electron chi connectivity index (χ1n) is 9.20.